The minimum absolute atomic E-state index is 0.210. The average molecular weight is 463 g/mol. The summed E-state index contributed by atoms with van der Waals surface area (Å²) in [4.78, 5) is 1.13. The van der Waals surface area contributed by atoms with E-state index in [-0.39, 0.29) is 23.7 Å². The molecule has 5 nitrogen and oxygen atoms in total. The van der Waals surface area contributed by atoms with Crippen molar-refractivity contribution in [2.45, 2.75) is 47.1 Å². The Hall–Kier alpha value is -2.19. The van der Waals surface area contributed by atoms with E-state index in [4.69, 9.17) is 23.7 Å². The van der Waals surface area contributed by atoms with Crippen LogP contribution in [0.5, 0.6) is 0 Å². The van der Waals surface area contributed by atoms with Gasteiger partial charge < -0.3 is 23.7 Å². The third-order valence-electron chi connectivity index (χ3n) is 6.38. The normalized spacial score (nSPS) is 32.9. The molecule has 7 rings (SSSR count). The fourth-order valence-corrected chi connectivity index (χ4v) is 5.92. The zero-order valence-electron chi connectivity index (χ0n) is 18.1. The summed E-state index contributed by atoms with van der Waals surface area (Å²) in [6.07, 6.45) is -1.26. The number of rotatable bonds is 6. The Morgan fingerprint density at radius 1 is 0.818 bits per heavy atom. The van der Waals surface area contributed by atoms with Crippen molar-refractivity contribution in [3.05, 3.63) is 102 Å². The van der Waals surface area contributed by atoms with Gasteiger partial charge in [0.05, 0.1) is 19.8 Å². The molecular weight excluding hydrogens is 436 g/mol. The maximum Gasteiger partial charge on any atom is 0.184 e. The summed E-state index contributed by atoms with van der Waals surface area (Å²) in [5, 5.41) is 0. The van der Waals surface area contributed by atoms with Gasteiger partial charge in [0.1, 0.15) is 29.3 Å². The summed E-state index contributed by atoms with van der Waals surface area (Å²) >= 11 is 1.66. The minimum atomic E-state index is -0.701. The predicted octanol–water partition coefficient (Wildman–Crippen LogP) is 4.97. The van der Waals surface area contributed by atoms with Gasteiger partial charge in [-0.3, -0.25) is 0 Å². The fraction of sp³-hybridized carbons (Fsp3) is 0.333. The lowest BCUT2D eigenvalue weighted by molar-refractivity contribution is -0.404. The Morgan fingerprint density at radius 3 is 2.24 bits per heavy atom. The first-order valence-electron chi connectivity index (χ1n) is 11.3. The maximum atomic E-state index is 6.66. The quantitative estimate of drug-likeness (QED) is 0.515. The average Bonchev–Trinajstić information content (AvgIpc) is 2.88. The lowest BCUT2D eigenvalue weighted by Crippen LogP contribution is -2.75. The topological polar surface area (TPSA) is 46.2 Å². The lowest BCUT2D eigenvalue weighted by atomic mass is 9.84. The summed E-state index contributed by atoms with van der Waals surface area (Å²) in [5.74, 6) is 0. The molecule has 4 aliphatic heterocycles. The number of benzene rings is 3. The molecule has 33 heavy (non-hydrogen) atoms. The molecule has 4 aliphatic rings. The molecule has 2 bridgehead atoms. The van der Waals surface area contributed by atoms with Crippen LogP contribution < -0.4 is 0 Å². The highest BCUT2D eigenvalue weighted by Crippen LogP contribution is 2.49. The third-order valence-corrected chi connectivity index (χ3v) is 7.52. The van der Waals surface area contributed by atoms with E-state index >= 15 is 0 Å². The Labute approximate surface area is 198 Å². The molecule has 0 amide bonds. The number of hydrogen-bond donors (Lipinski definition) is 0. The zero-order valence-corrected chi connectivity index (χ0v) is 18.9. The Morgan fingerprint density at radius 2 is 1.48 bits per heavy atom. The van der Waals surface area contributed by atoms with Gasteiger partial charge >= 0.3 is 0 Å². The zero-order chi connectivity index (χ0) is 22.1. The van der Waals surface area contributed by atoms with Crippen LogP contribution >= 0.6 is 11.8 Å². The Balaban J connectivity index is 1.28. The van der Waals surface area contributed by atoms with Crippen molar-refractivity contribution in [2.75, 3.05) is 13.2 Å². The highest BCUT2D eigenvalue weighted by atomic mass is 32.2. The van der Waals surface area contributed by atoms with E-state index in [1.165, 1.54) is 0 Å². The number of hydrogen-bond acceptors (Lipinski definition) is 6. The lowest BCUT2D eigenvalue weighted by Gasteiger charge is -2.59. The van der Waals surface area contributed by atoms with Crippen LogP contribution in [-0.2, 0) is 30.3 Å². The highest BCUT2D eigenvalue weighted by Gasteiger charge is 2.64. The SMILES string of the molecule is c1ccc(CO[C@@H]2[C@H]3OC[C@]4(COC(c5ccccc5)O[C@@H]24)O[C@H]3Sc2ccccc2)cc1. The van der Waals surface area contributed by atoms with Gasteiger partial charge in [-0.15, -0.1) is 0 Å². The van der Waals surface area contributed by atoms with Gasteiger partial charge in [0.25, 0.3) is 0 Å². The monoisotopic (exact) mass is 462 g/mol. The number of thioether (sulfide) groups is 1. The minimum Gasteiger partial charge on any atom is -0.369 e. The molecule has 6 heteroatoms. The van der Waals surface area contributed by atoms with E-state index in [0.717, 1.165) is 16.0 Å². The van der Waals surface area contributed by atoms with Crippen molar-refractivity contribution in [2.24, 2.45) is 0 Å². The second kappa shape index (κ2) is 9.22. The van der Waals surface area contributed by atoms with E-state index in [0.29, 0.717) is 19.8 Å². The summed E-state index contributed by atoms with van der Waals surface area (Å²) in [6, 6.07) is 30.5. The molecule has 170 valence electrons. The molecule has 0 aliphatic carbocycles. The van der Waals surface area contributed by atoms with Crippen molar-refractivity contribution in [1.82, 2.24) is 0 Å². The number of ether oxygens (including phenoxy) is 5. The van der Waals surface area contributed by atoms with Crippen LogP contribution in [0.25, 0.3) is 0 Å². The summed E-state index contributed by atoms with van der Waals surface area (Å²) < 4.78 is 32.2. The van der Waals surface area contributed by atoms with Gasteiger partial charge in [-0.1, -0.05) is 90.6 Å². The molecule has 0 N–H and O–H groups in total. The van der Waals surface area contributed by atoms with Gasteiger partial charge in [-0.25, -0.2) is 0 Å². The van der Waals surface area contributed by atoms with Crippen LogP contribution in [0.15, 0.2) is 95.9 Å². The molecule has 0 aromatic heterocycles. The first-order valence-corrected chi connectivity index (χ1v) is 12.2. The van der Waals surface area contributed by atoms with Crippen LogP contribution in [0.4, 0.5) is 0 Å². The molecule has 4 saturated heterocycles. The van der Waals surface area contributed by atoms with E-state index in [1.807, 2.05) is 66.7 Å². The third kappa shape index (κ3) is 4.23. The van der Waals surface area contributed by atoms with Crippen LogP contribution in [0.1, 0.15) is 17.4 Å². The molecule has 3 aromatic carbocycles. The molecular formula is C27H26O5S. The van der Waals surface area contributed by atoms with Crippen LogP contribution in [0, 0.1) is 0 Å². The van der Waals surface area contributed by atoms with E-state index in [2.05, 4.69) is 24.3 Å². The first kappa shape index (κ1) is 21.4. The van der Waals surface area contributed by atoms with Crippen molar-refractivity contribution in [1.29, 1.82) is 0 Å². The second-order valence-electron chi connectivity index (χ2n) is 8.63. The molecule has 1 spiro atoms. The van der Waals surface area contributed by atoms with Crippen molar-refractivity contribution < 1.29 is 23.7 Å². The molecule has 1 unspecified atom stereocenters. The maximum absolute atomic E-state index is 6.66. The van der Waals surface area contributed by atoms with Crippen molar-refractivity contribution >= 4 is 11.8 Å². The summed E-state index contributed by atoms with van der Waals surface area (Å²) in [5.41, 5.74) is 1.20. The summed E-state index contributed by atoms with van der Waals surface area (Å²) in [6.45, 7) is 1.31. The fourth-order valence-electron chi connectivity index (χ4n) is 4.73. The standard InChI is InChI=1S/C27H26O5S/c1-4-10-19(11-5-1)16-28-22-23-26(33-21-14-8-3-9-15-21)32-27(17-29-23)18-30-25(31-24(22)27)20-12-6-2-7-13-20/h1-15,22-26H,16-18H2/t22-,23-,24+,25?,26+,27-/m1/s1. The molecule has 4 heterocycles. The van der Waals surface area contributed by atoms with E-state index < -0.39 is 11.9 Å². The number of fused-ring (bicyclic) bond motifs is 2. The predicted molar refractivity (Wildman–Crippen MR) is 125 cm³/mol. The van der Waals surface area contributed by atoms with Crippen LogP contribution in [-0.4, -0.2) is 42.6 Å². The van der Waals surface area contributed by atoms with Crippen LogP contribution in [0.3, 0.4) is 0 Å². The Kier molecular flexibility index (Phi) is 5.96. The van der Waals surface area contributed by atoms with Gasteiger partial charge in [0, 0.05) is 10.5 Å². The molecule has 6 atom stereocenters. The first-order chi connectivity index (χ1) is 16.3. The smallest absolute Gasteiger partial charge is 0.184 e. The van der Waals surface area contributed by atoms with Gasteiger partial charge in [0.15, 0.2) is 6.29 Å². The van der Waals surface area contributed by atoms with E-state index in [1.54, 1.807) is 11.8 Å². The Bertz CT molecular complexity index is 1050. The molecule has 0 radical (unpaired) electrons. The van der Waals surface area contributed by atoms with Crippen molar-refractivity contribution in [3.63, 3.8) is 0 Å². The highest BCUT2D eigenvalue weighted by molar-refractivity contribution is 7.99. The summed E-state index contributed by atoms with van der Waals surface area (Å²) in [7, 11) is 0. The molecule has 0 saturated carbocycles. The van der Waals surface area contributed by atoms with E-state index in [9.17, 15) is 0 Å². The van der Waals surface area contributed by atoms with Gasteiger partial charge in [-0.05, 0) is 17.7 Å². The van der Waals surface area contributed by atoms with Crippen LogP contribution in [0.2, 0.25) is 0 Å². The van der Waals surface area contributed by atoms with Gasteiger partial charge in [0.2, 0.25) is 0 Å². The van der Waals surface area contributed by atoms with Crippen molar-refractivity contribution in [3.8, 4) is 0 Å². The largest absolute Gasteiger partial charge is 0.369 e. The molecule has 4 fully saturated rings. The second-order valence-corrected chi connectivity index (χ2v) is 9.80. The molecule has 3 aromatic rings. The van der Waals surface area contributed by atoms with Gasteiger partial charge in [-0.2, -0.15) is 0 Å².